The van der Waals surface area contributed by atoms with Gasteiger partial charge in [0.15, 0.2) is 0 Å². The normalized spacial score (nSPS) is 12.0. The van der Waals surface area contributed by atoms with Crippen LogP contribution in [0.3, 0.4) is 0 Å². The van der Waals surface area contributed by atoms with E-state index in [1.165, 1.54) is 12.1 Å². The van der Waals surface area contributed by atoms with Gasteiger partial charge in [-0.15, -0.1) is 0 Å². The van der Waals surface area contributed by atoms with Crippen LogP contribution in [0.25, 0.3) is 11.1 Å². The largest absolute Gasteiger partial charge is 0.273 e. The Hall–Kier alpha value is -2.76. The predicted octanol–water partition coefficient (Wildman–Crippen LogP) is 4.66. The molecule has 6 nitrogen and oxygen atoms in total. The number of hydrogen-bond donors (Lipinski definition) is 0. The maximum Gasteiger partial charge on any atom is 0.273 e. The molecule has 3 rings (SSSR count). The first kappa shape index (κ1) is 15.6. The van der Waals surface area contributed by atoms with Crippen LogP contribution in [0.5, 0.6) is 0 Å². The summed E-state index contributed by atoms with van der Waals surface area (Å²) in [6.07, 6.45) is 0. The highest BCUT2D eigenvalue weighted by molar-refractivity contribution is 5.85. The van der Waals surface area contributed by atoms with Crippen LogP contribution in [0.15, 0.2) is 36.4 Å². The Morgan fingerprint density at radius 2 is 1.18 bits per heavy atom. The molecule has 0 saturated carbocycles. The third kappa shape index (κ3) is 2.22. The van der Waals surface area contributed by atoms with E-state index in [0.717, 1.165) is 0 Å². The van der Waals surface area contributed by atoms with Gasteiger partial charge in [0.25, 0.3) is 11.4 Å². The lowest BCUT2D eigenvalue weighted by atomic mass is 9.97. The first-order chi connectivity index (χ1) is 10.5. The van der Waals surface area contributed by atoms with E-state index in [1.807, 2.05) is 13.8 Å². The third-order valence-electron chi connectivity index (χ3n) is 3.72. The Morgan fingerprint density at radius 3 is 1.50 bits per heavy atom. The highest BCUT2D eigenvalue weighted by atomic mass is 16.6. The third-order valence-corrected chi connectivity index (χ3v) is 3.72. The Morgan fingerprint density at radius 1 is 0.818 bits per heavy atom. The van der Waals surface area contributed by atoms with Gasteiger partial charge in [0.05, 0.1) is 9.85 Å². The molecule has 0 aromatic heterocycles. The number of nitro groups is 2. The van der Waals surface area contributed by atoms with Crippen molar-refractivity contribution in [2.75, 3.05) is 0 Å². The van der Waals surface area contributed by atoms with Gasteiger partial charge in [-0.1, -0.05) is 45.0 Å². The first-order valence-electron chi connectivity index (χ1n) is 7.07. The summed E-state index contributed by atoms with van der Waals surface area (Å²) in [6, 6.07) is 9.64. The number of hydrogen-bond acceptors (Lipinski definition) is 4. The van der Waals surface area contributed by atoms with Gasteiger partial charge in [-0.05, 0) is 11.1 Å². The maximum atomic E-state index is 11.1. The number of fused-ring (bicyclic) bond motifs is 3. The van der Waals surface area contributed by atoms with E-state index in [9.17, 15) is 20.2 Å². The van der Waals surface area contributed by atoms with Crippen molar-refractivity contribution in [2.24, 2.45) is 0 Å². The summed E-state index contributed by atoms with van der Waals surface area (Å²) in [5.41, 5.74) is 2.57. The molecule has 0 aliphatic heterocycles. The zero-order valence-electron chi connectivity index (χ0n) is 12.6. The van der Waals surface area contributed by atoms with E-state index in [0.29, 0.717) is 22.3 Å². The predicted molar refractivity (Wildman–Crippen MR) is 84.1 cm³/mol. The molecule has 0 N–H and O–H groups in total. The van der Waals surface area contributed by atoms with Crippen molar-refractivity contribution in [3.8, 4) is 11.1 Å². The molecule has 1 aliphatic carbocycles. The fourth-order valence-electron chi connectivity index (χ4n) is 2.95. The van der Waals surface area contributed by atoms with Gasteiger partial charge in [-0.2, -0.15) is 0 Å². The molecule has 2 aromatic rings. The van der Waals surface area contributed by atoms with Crippen molar-refractivity contribution in [1.29, 1.82) is 0 Å². The van der Waals surface area contributed by atoms with Gasteiger partial charge in [0.1, 0.15) is 0 Å². The lowest BCUT2D eigenvalue weighted by Gasteiger charge is -2.07. The second-order valence-electron chi connectivity index (χ2n) is 4.71. The van der Waals surface area contributed by atoms with Crippen LogP contribution < -0.4 is 0 Å². The maximum absolute atomic E-state index is 11.1. The zero-order chi connectivity index (χ0) is 16.4. The Kier molecular flexibility index (Phi) is 4.21. The van der Waals surface area contributed by atoms with Gasteiger partial charge < -0.3 is 0 Å². The zero-order valence-corrected chi connectivity index (χ0v) is 12.6. The van der Waals surface area contributed by atoms with Crippen LogP contribution >= 0.6 is 0 Å². The van der Waals surface area contributed by atoms with Crippen molar-refractivity contribution in [2.45, 2.75) is 26.7 Å². The van der Waals surface area contributed by atoms with E-state index >= 15 is 0 Å². The van der Waals surface area contributed by atoms with Crippen LogP contribution in [0.1, 0.15) is 37.8 Å². The number of nitrogens with zero attached hydrogens (tertiary/aromatic N) is 2. The molecule has 0 amide bonds. The Bertz CT molecular complexity index is 692. The molecule has 22 heavy (non-hydrogen) atoms. The SMILES string of the molecule is CC.CC1c2c(cccc2[N+](=O)[O-])-c2cccc([N+](=O)[O-])c21. The van der Waals surface area contributed by atoms with Crippen molar-refractivity contribution in [1.82, 2.24) is 0 Å². The van der Waals surface area contributed by atoms with Crippen LogP contribution in [-0.2, 0) is 0 Å². The summed E-state index contributed by atoms with van der Waals surface area (Å²) >= 11 is 0. The summed E-state index contributed by atoms with van der Waals surface area (Å²) in [7, 11) is 0. The average molecular weight is 300 g/mol. The second kappa shape index (κ2) is 5.93. The molecule has 0 bridgehead atoms. The first-order valence-corrected chi connectivity index (χ1v) is 7.07. The quantitative estimate of drug-likeness (QED) is 0.596. The fraction of sp³-hybridized carbons (Fsp3) is 0.250. The van der Waals surface area contributed by atoms with Crippen molar-refractivity contribution < 1.29 is 9.85 Å². The molecule has 6 heteroatoms. The summed E-state index contributed by atoms with van der Waals surface area (Å²) in [6.45, 7) is 5.77. The molecule has 0 heterocycles. The molecule has 0 radical (unpaired) electrons. The fourth-order valence-corrected chi connectivity index (χ4v) is 2.95. The summed E-state index contributed by atoms with van der Waals surface area (Å²) in [5, 5.41) is 22.3. The minimum absolute atomic E-state index is 0.0143. The van der Waals surface area contributed by atoms with Gasteiger partial charge in [0, 0.05) is 29.2 Å². The topological polar surface area (TPSA) is 86.3 Å². The standard InChI is InChI=1S/C14H10N2O4.C2H6/c1-8-13-9(4-2-6-11(13)15(17)18)10-5-3-7-12(14(8)10)16(19)20;1-2/h2-8H,1H3;1-2H3. The van der Waals surface area contributed by atoms with E-state index in [4.69, 9.17) is 0 Å². The Labute approximate surface area is 127 Å². The molecule has 0 fully saturated rings. The highest BCUT2D eigenvalue weighted by Crippen LogP contribution is 2.51. The molecule has 0 atom stereocenters. The smallest absolute Gasteiger partial charge is 0.258 e. The van der Waals surface area contributed by atoms with Gasteiger partial charge in [-0.25, -0.2) is 0 Å². The molecule has 0 spiro atoms. The monoisotopic (exact) mass is 300 g/mol. The lowest BCUT2D eigenvalue weighted by Crippen LogP contribution is -2.00. The van der Waals surface area contributed by atoms with Crippen LogP contribution in [-0.4, -0.2) is 9.85 Å². The highest BCUT2D eigenvalue weighted by Gasteiger charge is 2.36. The molecule has 2 aromatic carbocycles. The molecule has 1 aliphatic rings. The molecule has 114 valence electrons. The van der Waals surface area contributed by atoms with Crippen LogP contribution in [0, 0.1) is 20.2 Å². The van der Waals surface area contributed by atoms with E-state index in [-0.39, 0.29) is 17.3 Å². The van der Waals surface area contributed by atoms with Crippen molar-refractivity contribution in [3.63, 3.8) is 0 Å². The van der Waals surface area contributed by atoms with Crippen molar-refractivity contribution in [3.05, 3.63) is 67.8 Å². The van der Waals surface area contributed by atoms with E-state index in [1.54, 1.807) is 31.2 Å². The van der Waals surface area contributed by atoms with Gasteiger partial charge in [0.2, 0.25) is 0 Å². The summed E-state index contributed by atoms with van der Waals surface area (Å²) in [5.74, 6) is -0.358. The number of rotatable bonds is 2. The van der Waals surface area contributed by atoms with Crippen LogP contribution in [0.4, 0.5) is 11.4 Å². The summed E-state index contributed by atoms with van der Waals surface area (Å²) < 4.78 is 0. The lowest BCUT2D eigenvalue weighted by molar-refractivity contribution is -0.386. The molecule has 0 saturated heterocycles. The minimum atomic E-state index is -0.437. The van der Waals surface area contributed by atoms with Gasteiger partial charge >= 0.3 is 0 Å². The van der Waals surface area contributed by atoms with E-state index < -0.39 is 9.85 Å². The molecular weight excluding hydrogens is 284 g/mol. The molecular formula is C16H16N2O4. The summed E-state index contributed by atoms with van der Waals surface area (Å²) in [4.78, 5) is 21.4. The minimum Gasteiger partial charge on any atom is -0.258 e. The average Bonchev–Trinajstić information content (AvgIpc) is 2.82. The molecule has 0 unspecified atom stereocenters. The number of benzene rings is 2. The van der Waals surface area contributed by atoms with Gasteiger partial charge in [-0.3, -0.25) is 20.2 Å². The Balaban J connectivity index is 0.000000847. The second-order valence-corrected chi connectivity index (χ2v) is 4.71. The van der Waals surface area contributed by atoms with E-state index in [2.05, 4.69) is 0 Å². The number of nitro benzene ring substituents is 2. The van der Waals surface area contributed by atoms with Crippen LogP contribution in [0.2, 0.25) is 0 Å². The van der Waals surface area contributed by atoms with Crippen molar-refractivity contribution >= 4 is 11.4 Å².